The van der Waals surface area contributed by atoms with Gasteiger partial charge in [-0.15, -0.1) is 11.8 Å². The van der Waals surface area contributed by atoms with Crippen LogP contribution in [0.3, 0.4) is 0 Å². The van der Waals surface area contributed by atoms with E-state index in [9.17, 15) is 9.18 Å². The molecule has 0 aliphatic carbocycles. The van der Waals surface area contributed by atoms with E-state index in [2.05, 4.69) is 5.32 Å². The molecule has 1 aromatic heterocycles. The first-order valence-corrected chi connectivity index (χ1v) is 7.32. The minimum absolute atomic E-state index is 0.0162. The molecule has 20 heavy (non-hydrogen) atoms. The number of hydrogen-bond acceptors (Lipinski definition) is 3. The molecule has 1 N–H and O–H groups in total. The number of nitrogens with one attached hydrogen (secondary N) is 1. The normalized spacial score (nSPS) is 12.1. The van der Waals surface area contributed by atoms with Gasteiger partial charge in [0.25, 0.3) is 0 Å². The minimum Gasteiger partial charge on any atom is -0.469 e. The molecule has 0 radical (unpaired) electrons. The molecule has 3 nitrogen and oxygen atoms in total. The van der Waals surface area contributed by atoms with Gasteiger partial charge in [-0.05, 0) is 43.3 Å². The Hall–Kier alpha value is -1.75. The van der Waals surface area contributed by atoms with Crippen molar-refractivity contribution in [3.8, 4) is 0 Å². The third-order valence-corrected chi connectivity index (χ3v) is 3.69. The molecule has 1 amide bonds. The smallest absolute Gasteiger partial charge is 0.230 e. The Morgan fingerprint density at radius 3 is 2.75 bits per heavy atom. The summed E-state index contributed by atoms with van der Waals surface area (Å²) < 4.78 is 18.0. The summed E-state index contributed by atoms with van der Waals surface area (Å²) in [6.45, 7) is 1.93. The van der Waals surface area contributed by atoms with Crippen LogP contribution in [-0.2, 0) is 11.2 Å². The third-order valence-electron chi connectivity index (χ3n) is 2.68. The van der Waals surface area contributed by atoms with E-state index >= 15 is 0 Å². The summed E-state index contributed by atoms with van der Waals surface area (Å²) in [6.07, 6.45) is 2.29. The summed E-state index contributed by atoms with van der Waals surface area (Å²) in [7, 11) is 0. The molecule has 0 aliphatic heterocycles. The van der Waals surface area contributed by atoms with Crippen molar-refractivity contribution in [3.05, 3.63) is 54.2 Å². The predicted molar refractivity (Wildman–Crippen MR) is 77.1 cm³/mol. The van der Waals surface area contributed by atoms with Crippen LogP contribution < -0.4 is 5.32 Å². The SMILES string of the molecule is C[C@@H](Cc1ccco1)NC(=O)CSc1ccc(F)cc1. The number of benzene rings is 1. The first-order chi connectivity index (χ1) is 9.63. The number of rotatable bonds is 6. The van der Waals surface area contributed by atoms with E-state index in [1.165, 1.54) is 23.9 Å². The van der Waals surface area contributed by atoms with E-state index in [1.54, 1.807) is 18.4 Å². The summed E-state index contributed by atoms with van der Waals surface area (Å²) >= 11 is 1.39. The van der Waals surface area contributed by atoms with E-state index in [0.717, 1.165) is 10.7 Å². The lowest BCUT2D eigenvalue weighted by Gasteiger charge is -2.12. The molecule has 106 valence electrons. The molecule has 0 aliphatic rings. The number of furan rings is 1. The topological polar surface area (TPSA) is 42.2 Å². The fraction of sp³-hybridized carbons (Fsp3) is 0.267. The Morgan fingerprint density at radius 1 is 1.35 bits per heavy atom. The Balaban J connectivity index is 1.73. The van der Waals surface area contributed by atoms with Gasteiger partial charge in [0.05, 0.1) is 12.0 Å². The van der Waals surface area contributed by atoms with Crippen molar-refractivity contribution < 1.29 is 13.6 Å². The maximum atomic E-state index is 12.7. The van der Waals surface area contributed by atoms with Gasteiger partial charge in [-0.1, -0.05) is 0 Å². The van der Waals surface area contributed by atoms with E-state index in [-0.39, 0.29) is 17.8 Å². The van der Waals surface area contributed by atoms with Crippen LogP contribution in [0.2, 0.25) is 0 Å². The first kappa shape index (κ1) is 14.7. The second-order valence-corrected chi connectivity index (χ2v) is 5.54. The summed E-state index contributed by atoms with van der Waals surface area (Å²) in [5, 5.41) is 2.91. The van der Waals surface area contributed by atoms with Crippen LogP contribution in [0.15, 0.2) is 52.0 Å². The quantitative estimate of drug-likeness (QED) is 0.831. The van der Waals surface area contributed by atoms with Gasteiger partial charge in [0.1, 0.15) is 11.6 Å². The second kappa shape index (κ2) is 7.14. The molecule has 5 heteroatoms. The number of amides is 1. The number of thioether (sulfide) groups is 1. The second-order valence-electron chi connectivity index (χ2n) is 4.49. The highest BCUT2D eigenvalue weighted by molar-refractivity contribution is 8.00. The van der Waals surface area contributed by atoms with Gasteiger partial charge in [0, 0.05) is 17.4 Å². The number of carbonyl (C=O) groups is 1. The van der Waals surface area contributed by atoms with Crippen molar-refractivity contribution in [1.29, 1.82) is 0 Å². The monoisotopic (exact) mass is 293 g/mol. The van der Waals surface area contributed by atoms with Crippen LogP contribution in [0, 0.1) is 5.82 Å². The number of carbonyl (C=O) groups excluding carboxylic acids is 1. The fourth-order valence-corrected chi connectivity index (χ4v) is 2.49. The summed E-state index contributed by atoms with van der Waals surface area (Å²) in [5.74, 6) is 0.849. The average molecular weight is 293 g/mol. The number of halogens is 1. The predicted octanol–water partition coefficient (Wildman–Crippen LogP) is 3.26. The zero-order valence-corrected chi connectivity index (χ0v) is 12.0. The molecule has 0 saturated carbocycles. The van der Waals surface area contributed by atoms with Crippen LogP contribution in [0.25, 0.3) is 0 Å². The van der Waals surface area contributed by atoms with Crippen molar-refractivity contribution in [2.24, 2.45) is 0 Å². The van der Waals surface area contributed by atoms with Crippen LogP contribution in [-0.4, -0.2) is 17.7 Å². The lowest BCUT2D eigenvalue weighted by atomic mass is 10.2. The molecule has 2 rings (SSSR count). The highest BCUT2D eigenvalue weighted by atomic mass is 32.2. The summed E-state index contributed by atoms with van der Waals surface area (Å²) in [4.78, 5) is 12.7. The molecule has 2 aromatic rings. The highest BCUT2D eigenvalue weighted by Gasteiger charge is 2.10. The van der Waals surface area contributed by atoms with Crippen LogP contribution in [0.1, 0.15) is 12.7 Å². The third kappa shape index (κ3) is 4.74. The zero-order chi connectivity index (χ0) is 14.4. The van der Waals surface area contributed by atoms with Gasteiger partial charge < -0.3 is 9.73 Å². The molecule has 0 spiro atoms. The van der Waals surface area contributed by atoms with Gasteiger partial charge in [0.2, 0.25) is 5.91 Å². The summed E-state index contributed by atoms with van der Waals surface area (Å²) in [5.41, 5.74) is 0. The van der Waals surface area contributed by atoms with Gasteiger partial charge in [0.15, 0.2) is 0 Å². The van der Waals surface area contributed by atoms with Crippen molar-refractivity contribution in [3.63, 3.8) is 0 Å². The van der Waals surface area contributed by atoms with Gasteiger partial charge in [-0.25, -0.2) is 4.39 Å². The van der Waals surface area contributed by atoms with E-state index in [4.69, 9.17) is 4.42 Å². The number of hydrogen-bond donors (Lipinski definition) is 1. The lowest BCUT2D eigenvalue weighted by molar-refractivity contribution is -0.119. The molecule has 0 bridgehead atoms. The van der Waals surface area contributed by atoms with Crippen molar-refractivity contribution in [2.45, 2.75) is 24.3 Å². The Bertz CT molecular complexity index is 540. The molecule has 1 heterocycles. The fourth-order valence-electron chi connectivity index (χ4n) is 1.78. The Labute approximate surface area is 121 Å². The van der Waals surface area contributed by atoms with Crippen LogP contribution in [0.4, 0.5) is 4.39 Å². The van der Waals surface area contributed by atoms with Crippen molar-refractivity contribution in [1.82, 2.24) is 5.32 Å². The van der Waals surface area contributed by atoms with E-state index < -0.39 is 0 Å². The Morgan fingerprint density at radius 2 is 2.10 bits per heavy atom. The maximum absolute atomic E-state index is 12.7. The molecule has 1 atom stereocenters. The molecule has 0 fully saturated rings. The van der Waals surface area contributed by atoms with Gasteiger partial charge in [-0.2, -0.15) is 0 Å². The maximum Gasteiger partial charge on any atom is 0.230 e. The highest BCUT2D eigenvalue weighted by Crippen LogP contribution is 2.17. The van der Waals surface area contributed by atoms with Gasteiger partial charge >= 0.3 is 0 Å². The minimum atomic E-state index is -0.272. The molecule has 0 unspecified atom stereocenters. The molecular formula is C15H16FNO2S. The first-order valence-electron chi connectivity index (χ1n) is 6.33. The van der Waals surface area contributed by atoms with Crippen LogP contribution in [0.5, 0.6) is 0 Å². The van der Waals surface area contributed by atoms with Crippen molar-refractivity contribution >= 4 is 17.7 Å². The average Bonchev–Trinajstić information content (AvgIpc) is 2.90. The summed E-state index contributed by atoms with van der Waals surface area (Å²) in [6, 6.07) is 9.84. The molecular weight excluding hydrogens is 277 g/mol. The molecule has 0 saturated heterocycles. The zero-order valence-electron chi connectivity index (χ0n) is 11.1. The molecule has 1 aromatic carbocycles. The lowest BCUT2D eigenvalue weighted by Crippen LogP contribution is -2.35. The van der Waals surface area contributed by atoms with E-state index in [0.29, 0.717) is 12.2 Å². The van der Waals surface area contributed by atoms with Crippen molar-refractivity contribution in [2.75, 3.05) is 5.75 Å². The van der Waals surface area contributed by atoms with E-state index in [1.807, 2.05) is 19.1 Å². The largest absolute Gasteiger partial charge is 0.469 e. The van der Waals surface area contributed by atoms with Crippen LogP contribution >= 0.6 is 11.8 Å². The Kier molecular flexibility index (Phi) is 5.24. The standard InChI is InChI=1S/C15H16FNO2S/c1-11(9-13-3-2-8-19-13)17-15(18)10-20-14-6-4-12(16)5-7-14/h2-8,11H,9-10H2,1H3,(H,17,18)/t11-/m0/s1. The van der Waals surface area contributed by atoms with Gasteiger partial charge in [-0.3, -0.25) is 4.79 Å².